The topological polar surface area (TPSA) is 176 Å². The van der Waals surface area contributed by atoms with Crippen LogP contribution in [0.4, 0.5) is 5.13 Å². The molecule has 3 aliphatic rings. The van der Waals surface area contributed by atoms with Gasteiger partial charge in [-0.15, -0.1) is 34.7 Å². The van der Waals surface area contributed by atoms with Crippen molar-refractivity contribution in [1.29, 1.82) is 0 Å². The summed E-state index contributed by atoms with van der Waals surface area (Å²) in [4.78, 5) is 71.8. The fraction of sp³-hybridized carbons (Fsp3) is 0.182. The Morgan fingerprint density at radius 1 is 0.786 bits per heavy atom. The van der Waals surface area contributed by atoms with Gasteiger partial charge >= 0.3 is 11.9 Å². The number of amides is 2. The smallest absolute Gasteiger partial charge is 0.355 e. The summed E-state index contributed by atoms with van der Waals surface area (Å²) in [6, 6.07) is 59.3. The molecule has 3 atom stereocenters. The second-order valence-corrected chi connectivity index (χ2v) is 22.4. The van der Waals surface area contributed by atoms with Gasteiger partial charge in [-0.3, -0.25) is 14.5 Å². The van der Waals surface area contributed by atoms with E-state index in [1.807, 2.05) is 152 Å². The molecule has 0 bridgehead atoms. The normalized spacial score (nSPS) is 16.6. The largest absolute Gasteiger partial charge is 0.497 e. The lowest BCUT2D eigenvalue weighted by Gasteiger charge is -2.49. The van der Waals surface area contributed by atoms with Crippen LogP contribution in [0.25, 0.3) is 0 Å². The van der Waals surface area contributed by atoms with Gasteiger partial charge in [-0.2, -0.15) is 0 Å². The number of halogens is 1. The Labute approximate surface area is 498 Å². The summed E-state index contributed by atoms with van der Waals surface area (Å²) in [5.74, 6) is -2.17. The molecular weight excluding hydrogens is 1120 g/mol. The van der Waals surface area contributed by atoms with E-state index in [0.29, 0.717) is 44.6 Å². The minimum absolute atomic E-state index is 0.0353. The molecule has 4 heterocycles. The van der Waals surface area contributed by atoms with Gasteiger partial charge in [0.1, 0.15) is 40.7 Å². The number of hydrogen-bond acceptors (Lipinski definition) is 15. The van der Waals surface area contributed by atoms with Crippen LogP contribution < -0.4 is 24.8 Å². The molecule has 0 spiro atoms. The number of aromatic nitrogens is 1. The number of ether oxygens (including phenoxy) is 5. The number of fused-ring (bicyclic) bond motifs is 2. The third kappa shape index (κ3) is 12.0. The molecule has 0 saturated carbocycles. The Morgan fingerprint density at radius 3 is 1.95 bits per heavy atom. The molecule has 11 rings (SSSR count). The summed E-state index contributed by atoms with van der Waals surface area (Å²) < 4.78 is 29.7. The van der Waals surface area contributed by atoms with Crippen molar-refractivity contribution < 1.29 is 47.7 Å². The number of oxime groups is 1. The first-order valence-electron chi connectivity index (χ1n) is 26.9. The number of benzene rings is 7. The van der Waals surface area contributed by atoms with Crippen LogP contribution >= 0.6 is 34.7 Å². The van der Waals surface area contributed by atoms with Gasteiger partial charge < -0.3 is 39.2 Å². The van der Waals surface area contributed by atoms with Gasteiger partial charge in [0.05, 0.1) is 7.11 Å². The molecule has 15 nitrogen and oxygen atoms in total. The van der Waals surface area contributed by atoms with E-state index in [1.54, 1.807) is 81.0 Å². The number of carbonyl (C=O) groups is 4. The number of nitrogens with one attached hydrogen (secondary N) is 2. The number of hydrogen-bond donors (Lipinski definition) is 2. The highest BCUT2D eigenvalue weighted by molar-refractivity contribution is 8.00. The summed E-state index contributed by atoms with van der Waals surface area (Å²) in [5.41, 5.74) is 4.30. The standard InChI is InChI=1S/C66H56ClN5O10S2/c1-65(2)80-52-36-33-45(38-53(52)81-65)58(63(76)79-57(43-20-9-4-10-21-43)44-22-11-5-12-23-44)82-71-54(51-41-84-64(68-51)70-66(47-25-13-6-14-26-47,48-27-15-7-16-28-48)49-29-17-8-18-30-49)59(73)69-55-60(74)72-56(46(24-19-37-67)40-83-61(55)72)62(75)78-39-42-31-34-50(77-3)35-32-42/h4-36,38,41,55,57-58,61H,37,39-40H2,1-3H3,(H,68,70)(H,69,73)/b24-19-,71-54-/t55-,58+,61-/m1/s1. The molecule has 0 unspecified atom stereocenters. The zero-order chi connectivity index (χ0) is 58.2. The van der Waals surface area contributed by atoms with Crippen molar-refractivity contribution >= 4 is 69.3 Å². The predicted octanol–water partition coefficient (Wildman–Crippen LogP) is 12.1. The first-order chi connectivity index (χ1) is 40.9. The van der Waals surface area contributed by atoms with Gasteiger partial charge in [-0.05, 0) is 63.2 Å². The summed E-state index contributed by atoms with van der Waals surface area (Å²) in [7, 11) is 1.56. The van der Waals surface area contributed by atoms with E-state index in [-0.39, 0.29) is 40.9 Å². The Hall–Kier alpha value is -9.16. The maximum atomic E-state index is 15.3. The van der Waals surface area contributed by atoms with E-state index in [2.05, 4.69) is 15.8 Å². The fourth-order valence-corrected chi connectivity index (χ4v) is 12.3. The van der Waals surface area contributed by atoms with Crippen molar-refractivity contribution in [2.75, 3.05) is 24.1 Å². The lowest BCUT2D eigenvalue weighted by Crippen LogP contribution is -2.71. The Morgan fingerprint density at radius 2 is 1.37 bits per heavy atom. The second kappa shape index (κ2) is 25.1. The lowest BCUT2D eigenvalue weighted by molar-refractivity contribution is -0.162. The van der Waals surface area contributed by atoms with Gasteiger partial charge in [-0.25, -0.2) is 14.6 Å². The van der Waals surface area contributed by atoms with Crippen LogP contribution in [0.1, 0.15) is 70.7 Å². The van der Waals surface area contributed by atoms with Crippen molar-refractivity contribution in [2.45, 2.75) is 55.4 Å². The fourth-order valence-electron chi connectivity index (χ4n) is 10.2. The van der Waals surface area contributed by atoms with Crippen LogP contribution in [0.3, 0.4) is 0 Å². The van der Waals surface area contributed by atoms with Crippen LogP contribution in [0.2, 0.25) is 0 Å². The lowest BCUT2D eigenvalue weighted by atomic mass is 9.77. The van der Waals surface area contributed by atoms with Crippen molar-refractivity contribution in [3.63, 3.8) is 0 Å². The van der Waals surface area contributed by atoms with Crippen molar-refractivity contribution in [3.05, 3.63) is 268 Å². The summed E-state index contributed by atoms with van der Waals surface area (Å²) in [5, 5.41) is 12.5. The van der Waals surface area contributed by atoms with Gasteiger partial charge in [0.15, 0.2) is 28.4 Å². The predicted molar refractivity (Wildman–Crippen MR) is 323 cm³/mol. The highest BCUT2D eigenvalue weighted by Crippen LogP contribution is 2.45. The molecule has 2 N–H and O–H groups in total. The van der Waals surface area contributed by atoms with Crippen LogP contribution in [0, 0.1) is 0 Å². The minimum Gasteiger partial charge on any atom is -0.497 e. The van der Waals surface area contributed by atoms with Crippen LogP contribution in [0.15, 0.2) is 228 Å². The van der Waals surface area contributed by atoms with Crippen LogP contribution in [-0.4, -0.2) is 75.3 Å². The van der Waals surface area contributed by atoms with Gasteiger partial charge in [0, 0.05) is 36.4 Å². The Kier molecular flexibility index (Phi) is 17.0. The molecule has 84 heavy (non-hydrogen) atoms. The molecule has 8 aromatic rings. The minimum atomic E-state index is -1.62. The number of anilines is 1. The van der Waals surface area contributed by atoms with E-state index >= 15 is 9.59 Å². The number of allylic oxidation sites excluding steroid dienone is 2. The van der Waals surface area contributed by atoms with Crippen molar-refractivity contribution in [3.8, 4) is 17.2 Å². The number of carbonyl (C=O) groups excluding carboxylic acids is 4. The van der Waals surface area contributed by atoms with E-state index in [1.165, 1.54) is 28.0 Å². The van der Waals surface area contributed by atoms with E-state index in [0.717, 1.165) is 16.7 Å². The average Bonchev–Trinajstić information content (AvgIpc) is 1.33. The van der Waals surface area contributed by atoms with Crippen molar-refractivity contribution in [2.24, 2.45) is 5.16 Å². The summed E-state index contributed by atoms with van der Waals surface area (Å²) in [6.07, 6.45) is 0.867. The van der Waals surface area contributed by atoms with Crippen LogP contribution in [-0.2, 0) is 45.6 Å². The molecule has 18 heteroatoms. The van der Waals surface area contributed by atoms with Crippen molar-refractivity contribution in [1.82, 2.24) is 15.2 Å². The quantitative estimate of drug-likeness (QED) is 0.0174. The summed E-state index contributed by atoms with van der Waals surface area (Å²) >= 11 is 8.62. The molecule has 424 valence electrons. The Balaban J connectivity index is 0.968. The Bertz CT molecular complexity index is 3620. The number of thiazole rings is 1. The highest BCUT2D eigenvalue weighted by Gasteiger charge is 2.55. The second-order valence-electron chi connectivity index (χ2n) is 20.1. The molecule has 1 aromatic heterocycles. The maximum absolute atomic E-state index is 15.3. The molecule has 0 radical (unpaired) electrons. The molecule has 2 amide bonds. The number of alkyl halides is 1. The number of nitrogens with zero attached hydrogens (tertiary/aromatic N) is 3. The maximum Gasteiger partial charge on any atom is 0.355 e. The zero-order valence-corrected chi connectivity index (χ0v) is 48.1. The number of thioether (sulfide) groups is 1. The number of esters is 2. The highest BCUT2D eigenvalue weighted by atomic mass is 35.5. The number of rotatable bonds is 21. The first-order valence-corrected chi connectivity index (χ1v) is 29.4. The first kappa shape index (κ1) is 56.7. The number of β-lactam (4-membered cyclic amide) rings is 1. The monoisotopic (exact) mass is 1180 g/mol. The molecular formula is C66H56ClN5O10S2. The molecule has 0 aliphatic carbocycles. The molecule has 1 saturated heterocycles. The SMILES string of the molecule is COc1ccc(COC(=O)C2=C(/C=C\CCl)CS[C@@H]3[C@H](NC(=O)/C(=N\O[C@H](C(=O)OC(c4ccccc4)c4ccccc4)c4ccc5c(c4)OC(C)(C)O5)c4csc(NC(c5ccccc5)(c5ccccc5)c5ccccc5)n4)C(=O)N23)cc1. The van der Waals surface area contributed by atoms with Gasteiger partial charge in [0.2, 0.25) is 11.9 Å². The van der Waals surface area contributed by atoms with Gasteiger partial charge in [-0.1, -0.05) is 187 Å². The van der Waals surface area contributed by atoms with Crippen LogP contribution in [0.5, 0.6) is 17.2 Å². The van der Waals surface area contributed by atoms with E-state index in [4.69, 9.17) is 45.1 Å². The van der Waals surface area contributed by atoms with Gasteiger partial charge in [0.25, 0.3) is 11.8 Å². The average molecular weight is 1180 g/mol. The van der Waals surface area contributed by atoms with E-state index < -0.39 is 58.7 Å². The number of methoxy groups -OCH3 is 1. The third-order valence-electron chi connectivity index (χ3n) is 14.2. The van der Waals surface area contributed by atoms with E-state index in [9.17, 15) is 9.59 Å². The summed E-state index contributed by atoms with van der Waals surface area (Å²) in [6.45, 7) is 3.44. The third-order valence-corrected chi connectivity index (χ3v) is 16.4. The molecule has 7 aromatic carbocycles. The molecule has 1 fully saturated rings. The zero-order valence-electron chi connectivity index (χ0n) is 45.8. The molecule has 3 aliphatic heterocycles.